The zero-order chi connectivity index (χ0) is 24.5. The zero-order valence-corrected chi connectivity index (χ0v) is 20.8. The molecule has 1 aliphatic rings. The van der Waals surface area contributed by atoms with Crippen molar-refractivity contribution in [3.63, 3.8) is 0 Å². The molecule has 7 heteroatoms. The van der Waals surface area contributed by atoms with Gasteiger partial charge in [-0.2, -0.15) is 0 Å². The van der Waals surface area contributed by atoms with Gasteiger partial charge in [0.2, 0.25) is 5.91 Å². The van der Waals surface area contributed by atoms with Crippen molar-refractivity contribution in [2.24, 2.45) is 5.92 Å². The van der Waals surface area contributed by atoms with Crippen LogP contribution in [0.5, 0.6) is 0 Å². The fourth-order valence-electron chi connectivity index (χ4n) is 4.70. The molecular formula is C27H39FN4O2. The van der Waals surface area contributed by atoms with Gasteiger partial charge in [-0.05, 0) is 55.5 Å². The predicted molar refractivity (Wildman–Crippen MR) is 133 cm³/mol. The number of hydrogen-bond donors (Lipinski definition) is 1. The van der Waals surface area contributed by atoms with E-state index in [1.165, 1.54) is 18.6 Å². The number of hydrogen-bond acceptors (Lipinski definition) is 2. The van der Waals surface area contributed by atoms with Crippen LogP contribution in [0.15, 0.2) is 42.6 Å². The van der Waals surface area contributed by atoms with E-state index >= 15 is 0 Å². The highest BCUT2D eigenvalue weighted by Gasteiger charge is 2.29. The van der Waals surface area contributed by atoms with Gasteiger partial charge in [0.25, 0.3) is 0 Å². The van der Waals surface area contributed by atoms with Crippen molar-refractivity contribution < 1.29 is 14.0 Å². The summed E-state index contributed by atoms with van der Waals surface area (Å²) in [5, 5.41) is 2.85. The third-order valence-corrected chi connectivity index (χ3v) is 6.38. The minimum absolute atomic E-state index is 0.00617. The smallest absolute Gasteiger partial charge is 0.317 e. The van der Waals surface area contributed by atoms with E-state index in [1.54, 1.807) is 17.0 Å². The molecule has 1 aromatic heterocycles. The minimum Gasteiger partial charge on any atom is -0.345 e. The Hall–Kier alpha value is -2.83. The van der Waals surface area contributed by atoms with E-state index in [1.807, 2.05) is 30.2 Å². The summed E-state index contributed by atoms with van der Waals surface area (Å²) in [5.74, 6) is 0.0171. The van der Waals surface area contributed by atoms with Crippen LogP contribution >= 0.6 is 0 Å². The summed E-state index contributed by atoms with van der Waals surface area (Å²) in [5.41, 5.74) is 2.05. The van der Waals surface area contributed by atoms with Crippen LogP contribution in [0, 0.1) is 11.7 Å². The molecule has 0 unspecified atom stereocenters. The second kappa shape index (κ2) is 12.6. The SMILES string of the molecule is CCNC(=O)N(CC(=O)N(Cc1cccn1Cc1ccc(F)cc1)C1CCCCC1)CC(C)C. The predicted octanol–water partition coefficient (Wildman–Crippen LogP) is 5.02. The number of aromatic nitrogens is 1. The lowest BCUT2D eigenvalue weighted by molar-refractivity contribution is -0.135. The van der Waals surface area contributed by atoms with Gasteiger partial charge in [-0.15, -0.1) is 0 Å². The summed E-state index contributed by atoms with van der Waals surface area (Å²) in [6.45, 7) is 8.27. The van der Waals surface area contributed by atoms with Crippen LogP contribution < -0.4 is 5.32 Å². The van der Waals surface area contributed by atoms with Gasteiger partial charge in [-0.1, -0.05) is 45.2 Å². The number of nitrogens with one attached hydrogen (secondary N) is 1. The summed E-state index contributed by atoms with van der Waals surface area (Å²) >= 11 is 0. The first-order valence-electron chi connectivity index (χ1n) is 12.6. The molecule has 1 heterocycles. The fraction of sp³-hybridized carbons (Fsp3) is 0.556. The number of carbonyl (C=O) groups is 2. The van der Waals surface area contributed by atoms with Crippen LogP contribution in [0.4, 0.5) is 9.18 Å². The molecule has 3 rings (SSSR count). The summed E-state index contributed by atoms with van der Waals surface area (Å²) in [6, 6.07) is 10.6. The van der Waals surface area contributed by atoms with Crippen molar-refractivity contribution in [3.05, 3.63) is 59.7 Å². The van der Waals surface area contributed by atoms with Crippen LogP contribution in [0.1, 0.15) is 64.1 Å². The lowest BCUT2D eigenvalue weighted by Gasteiger charge is -2.36. The van der Waals surface area contributed by atoms with Crippen molar-refractivity contribution >= 4 is 11.9 Å². The van der Waals surface area contributed by atoms with E-state index < -0.39 is 0 Å². The van der Waals surface area contributed by atoms with Crippen LogP contribution in [0.2, 0.25) is 0 Å². The molecule has 6 nitrogen and oxygen atoms in total. The molecule has 0 radical (unpaired) electrons. The van der Waals surface area contributed by atoms with Gasteiger partial charge < -0.3 is 19.7 Å². The molecule has 0 saturated heterocycles. The Morgan fingerprint density at radius 1 is 1.12 bits per heavy atom. The van der Waals surface area contributed by atoms with Crippen molar-refractivity contribution in [1.29, 1.82) is 0 Å². The molecule has 0 atom stereocenters. The average Bonchev–Trinajstić information content (AvgIpc) is 3.25. The quantitative estimate of drug-likeness (QED) is 0.530. The van der Waals surface area contributed by atoms with E-state index in [2.05, 4.69) is 23.7 Å². The van der Waals surface area contributed by atoms with E-state index in [0.29, 0.717) is 26.2 Å². The highest BCUT2D eigenvalue weighted by atomic mass is 19.1. The minimum atomic E-state index is -0.247. The van der Waals surface area contributed by atoms with Gasteiger partial charge in [-0.3, -0.25) is 4.79 Å². The maximum Gasteiger partial charge on any atom is 0.317 e. The van der Waals surface area contributed by atoms with Crippen LogP contribution in [0.3, 0.4) is 0 Å². The maximum atomic E-state index is 13.6. The van der Waals surface area contributed by atoms with E-state index in [4.69, 9.17) is 0 Å². The first-order chi connectivity index (χ1) is 16.4. The normalized spacial score (nSPS) is 14.3. The topological polar surface area (TPSA) is 57.6 Å². The molecule has 1 N–H and O–H groups in total. The second-order valence-corrected chi connectivity index (χ2v) is 9.68. The summed E-state index contributed by atoms with van der Waals surface area (Å²) in [6.07, 6.45) is 7.44. The Kier molecular flexibility index (Phi) is 9.54. The van der Waals surface area contributed by atoms with Gasteiger partial charge in [-0.25, -0.2) is 9.18 Å². The van der Waals surface area contributed by atoms with Gasteiger partial charge in [0, 0.05) is 37.6 Å². The Balaban J connectivity index is 1.78. The Morgan fingerprint density at radius 3 is 2.47 bits per heavy atom. The molecule has 1 fully saturated rings. The van der Waals surface area contributed by atoms with Crippen LogP contribution in [-0.2, 0) is 17.9 Å². The molecule has 0 bridgehead atoms. The number of nitrogens with zero attached hydrogens (tertiary/aromatic N) is 3. The summed E-state index contributed by atoms with van der Waals surface area (Å²) in [4.78, 5) is 29.9. The molecule has 34 heavy (non-hydrogen) atoms. The Bertz CT molecular complexity index is 919. The summed E-state index contributed by atoms with van der Waals surface area (Å²) < 4.78 is 15.4. The lowest BCUT2D eigenvalue weighted by atomic mass is 9.94. The number of benzene rings is 1. The van der Waals surface area contributed by atoms with Crippen molar-refractivity contribution in [2.45, 2.75) is 72.0 Å². The van der Waals surface area contributed by atoms with Crippen molar-refractivity contribution in [3.8, 4) is 0 Å². The third kappa shape index (κ3) is 7.34. The number of carbonyl (C=O) groups excluding carboxylic acids is 2. The van der Waals surface area contributed by atoms with E-state index in [9.17, 15) is 14.0 Å². The largest absolute Gasteiger partial charge is 0.345 e. The van der Waals surface area contributed by atoms with E-state index in [0.717, 1.165) is 36.9 Å². The number of rotatable bonds is 10. The number of amides is 3. The van der Waals surface area contributed by atoms with Crippen molar-refractivity contribution in [2.75, 3.05) is 19.6 Å². The van der Waals surface area contributed by atoms with Crippen molar-refractivity contribution in [1.82, 2.24) is 19.7 Å². The lowest BCUT2D eigenvalue weighted by Crippen LogP contribution is -2.50. The highest BCUT2D eigenvalue weighted by Crippen LogP contribution is 2.25. The first-order valence-corrected chi connectivity index (χ1v) is 12.6. The maximum absolute atomic E-state index is 13.6. The molecule has 1 aliphatic carbocycles. The first kappa shape index (κ1) is 25.8. The van der Waals surface area contributed by atoms with E-state index in [-0.39, 0.29) is 36.3 Å². The van der Waals surface area contributed by atoms with Gasteiger partial charge >= 0.3 is 6.03 Å². The van der Waals surface area contributed by atoms with Crippen LogP contribution in [0.25, 0.3) is 0 Å². The van der Waals surface area contributed by atoms with Gasteiger partial charge in [0.1, 0.15) is 12.4 Å². The zero-order valence-electron chi connectivity index (χ0n) is 20.8. The number of urea groups is 1. The molecule has 2 aromatic rings. The molecule has 3 amide bonds. The van der Waals surface area contributed by atoms with Gasteiger partial charge in [0.05, 0.1) is 6.54 Å². The molecule has 0 spiro atoms. The Morgan fingerprint density at radius 2 is 1.82 bits per heavy atom. The number of halogens is 1. The average molecular weight is 471 g/mol. The molecular weight excluding hydrogens is 431 g/mol. The standard InChI is InChI=1S/C27H39FN4O2/c1-4-29-27(34)31(17-21(2)3)20-26(33)32(24-9-6-5-7-10-24)19-25-11-8-16-30(25)18-22-12-14-23(28)15-13-22/h8,11-16,21,24H,4-7,9-10,17-20H2,1-3H3,(H,29,34). The van der Waals surface area contributed by atoms with Gasteiger partial charge in [0.15, 0.2) is 0 Å². The fourth-order valence-corrected chi connectivity index (χ4v) is 4.70. The molecule has 1 aromatic carbocycles. The Labute approximate surface area is 203 Å². The molecule has 186 valence electrons. The van der Waals surface area contributed by atoms with Crippen LogP contribution in [-0.4, -0.2) is 52.0 Å². The monoisotopic (exact) mass is 470 g/mol. The molecule has 0 aliphatic heterocycles. The summed E-state index contributed by atoms with van der Waals surface area (Å²) in [7, 11) is 0. The highest BCUT2D eigenvalue weighted by molar-refractivity contribution is 5.84. The third-order valence-electron chi connectivity index (χ3n) is 6.38. The molecule has 1 saturated carbocycles. The second-order valence-electron chi connectivity index (χ2n) is 9.68.